The maximum absolute atomic E-state index is 13.2. The van der Waals surface area contributed by atoms with Gasteiger partial charge < -0.3 is 5.32 Å². The molecule has 1 aliphatic rings. The number of carbonyl (C=O) groups is 1. The van der Waals surface area contributed by atoms with Crippen molar-refractivity contribution in [1.82, 2.24) is 0 Å². The average molecular weight is 342 g/mol. The highest BCUT2D eigenvalue weighted by molar-refractivity contribution is 6.11. The zero-order chi connectivity index (χ0) is 18.1. The van der Waals surface area contributed by atoms with Crippen LogP contribution in [0.3, 0.4) is 0 Å². The monoisotopic (exact) mass is 342 g/mol. The third kappa shape index (κ3) is 2.76. The molecular weight excluding hydrogens is 320 g/mol. The Morgan fingerprint density at radius 3 is 2.54 bits per heavy atom. The summed E-state index contributed by atoms with van der Waals surface area (Å²) >= 11 is 0. The second kappa shape index (κ2) is 6.68. The Labute approximate surface area is 154 Å². The molecule has 0 unspecified atom stereocenters. The molecule has 1 atom stereocenters. The Bertz CT molecular complexity index is 964. The highest BCUT2D eigenvalue weighted by atomic mass is 16.2. The Kier molecular flexibility index (Phi) is 4.21. The first kappa shape index (κ1) is 16.4. The number of para-hydroxylation sites is 1. The molecule has 3 nitrogen and oxygen atoms in total. The second-order valence-electron chi connectivity index (χ2n) is 6.65. The van der Waals surface area contributed by atoms with E-state index < -0.39 is 0 Å². The van der Waals surface area contributed by atoms with Gasteiger partial charge in [-0.15, -0.1) is 0 Å². The molecule has 3 aromatic rings. The molecule has 1 aliphatic heterocycles. The van der Waals surface area contributed by atoms with E-state index in [0.717, 1.165) is 34.5 Å². The fourth-order valence-corrected chi connectivity index (χ4v) is 3.58. The molecule has 0 spiro atoms. The van der Waals surface area contributed by atoms with Crippen molar-refractivity contribution < 1.29 is 4.79 Å². The molecule has 4 rings (SSSR count). The van der Waals surface area contributed by atoms with Gasteiger partial charge in [-0.1, -0.05) is 55.5 Å². The van der Waals surface area contributed by atoms with Crippen LogP contribution in [0.5, 0.6) is 0 Å². The predicted octanol–water partition coefficient (Wildman–Crippen LogP) is 5.33. The van der Waals surface area contributed by atoms with Crippen LogP contribution in [-0.2, 0) is 6.42 Å². The highest BCUT2D eigenvalue weighted by Crippen LogP contribution is 2.39. The van der Waals surface area contributed by atoms with Crippen LogP contribution in [0.1, 0.15) is 40.1 Å². The molecule has 3 aromatic carbocycles. The average Bonchev–Trinajstić information content (AvgIpc) is 2.95. The molecule has 0 fully saturated rings. The van der Waals surface area contributed by atoms with Crippen LogP contribution in [0.4, 0.5) is 11.4 Å². The highest BCUT2D eigenvalue weighted by Gasteiger charge is 2.38. The molecular formula is C23H22N2O. The van der Waals surface area contributed by atoms with Gasteiger partial charge in [0.15, 0.2) is 0 Å². The number of fused-ring (bicyclic) bond motifs is 1. The lowest BCUT2D eigenvalue weighted by Crippen LogP contribution is -2.32. The summed E-state index contributed by atoms with van der Waals surface area (Å²) in [7, 11) is 0. The molecule has 0 aliphatic carbocycles. The minimum Gasteiger partial charge on any atom is -0.361 e. The zero-order valence-corrected chi connectivity index (χ0v) is 15.1. The Morgan fingerprint density at radius 1 is 0.962 bits per heavy atom. The predicted molar refractivity (Wildman–Crippen MR) is 107 cm³/mol. The molecule has 0 bridgehead atoms. The van der Waals surface area contributed by atoms with E-state index in [1.807, 2.05) is 60.4 Å². The van der Waals surface area contributed by atoms with E-state index in [4.69, 9.17) is 0 Å². The van der Waals surface area contributed by atoms with E-state index in [9.17, 15) is 4.79 Å². The number of nitrogens with zero attached hydrogens (tertiary/aromatic N) is 1. The van der Waals surface area contributed by atoms with E-state index in [0.29, 0.717) is 0 Å². The van der Waals surface area contributed by atoms with Gasteiger partial charge in [-0.25, -0.2) is 0 Å². The first-order chi connectivity index (χ1) is 12.7. The summed E-state index contributed by atoms with van der Waals surface area (Å²) < 4.78 is 0. The van der Waals surface area contributed by atoms with Crippen molar-refractivity contribution in [3.05, 3.63) is 95.1 Å². The van der Waals surface area contributed by atoms with Gasteiger partial charge in [0.25, 0.3) is 5.91 Å². The summed E-state index contributed by atoms with van der Waals surface area (Å²) in [5.74, 6) is 0.0408. The molecule has 0 radical (unpaired) electrons. The van der Waals surface area contributed by atoms with E-state index in [1.165, 1.54) is 5.56 Å². The number of hydrogen-bond donors (Lipinski definition) is 1. The number of nitrogens with one attached hydrogen (secondary N) is 1. The Morgan fingerprint density at radius 2 is 1.73 bits per heavy atom. The van der Waals surface area contributed by atoms with Crippen molar-refractivity contribution in [1.29, 1.82) is 0 Å². The van der Waals surface area contributed by atoms with Gasteiger partial charge in [0, 0.05) is 22.5 Å². The van der Waals surface area contributed by atoms with Crippen molar-refractivity contribution in [2.75, 3.05) is 10.2 Å². The number of anilines is 2. The summed E-state index contributed by atoms with van der Waals surface area (Å²) in [5.41, 5.74) is 6.11. The van der Waals surface area contributed by atoms with E-state index in [-0.39, 0.29) is 12.1 Å². The fraction of sp³-hybridized carbons (Fsp3) is 0.174. The van der Waals surface area contributed by atoms with E-state index in [1.54, 1.807) is 0 Å². The first-order valence-electron chi connectivity index (χ1n) is 9.02. The summed E-state index contributed by atoms with van der Waals surface area (Å²) in [5, 5.41) is 3.58. The molecule has 26 heavy (non-hydrogen) atoms. The maximum atomic E-state index is 13.2. The number of rotatable bonds is 4. The van der Waals surface area contributed by atoms with Crippen molar-refractivity contribution in [2.45, 2.75) is 26.4 Å². The smallest absolute Gasteiger partial charge is 0.260 e. The van der Waals surface area contributed by atoms with Crippen LogP contribution in [-0.4, -0.2) is 5.91 Å². The van der Waals surface area contributed by atoms with Crippen LogP contribution < -0.4 is 10.2 Å². The number of hydrogen-bond acceptors (Lipinski definition) is 2. The molecule has 1 N–H and O–H groups in total. The zero-order valence-electron chi connectivity index (χ0n) is 15.1. The largest absolute Gasteiger partial charge is 0.361 e. The van der Waals surface area contributed by atoms with Crippen molar-refractivity contribution in [3.8, 4) is 0 Å². The molecule has 130 valence electrons. The molecule has 1 heterocycles. The Balaban J connectivity index is 1.80. The maximum Gasteiger partial charge on any atom is 0.260 e. The number of carbonyl (C=O) groups excluding carboxylic acids is 1. The molecule has 0 aromatic heterocycles. The SMILES string of the molecule is CCc1cccc(N[C@H]2c3ccccc3C(=O)N2c2ccccc2C)c1. The van der Waals surface area contributed by atoms with Gasteiger partial charge in [-0.3, -0.25) is 9.69 Å². The minimum atomic E-state index is -0.216. The summed E-state index contributed by atoms with van der Waals surface area (Å²) in [6.07, 6.45) is 0.768. The molecule has 0 saturated heterocycles. The van der Waals surface area contributed by atoms with Crippen LogP contribution >= 0.6 is 0 Å². The number of benzene rings is 3. The molecule has 1 amide bonds. The van der Waals surface area contributed by atoms with Crippen LogP contribution in [0.15, 0.2) is 72.8 Å². The van der Waals surface area contributed by atoms with Crippen molar-refractivity contribution in [3.63, 3.8) is 0 Å². The lowest BCUT2D eigenvalue weighted by Gasteiger charge is -2.28. The van der Waals surface area contributed by atoms with Crippen LogP contribution in [0, 0.1) is 6.92 Å². The summed E-state index contributed by atoms with van der Waals surface area (Å²) in [4.78, 5) is 15.0. The van der Waals surface area contributed by atoms with Gasteiger partial charge in [0.1, 0.15) is 6.17 Å². The van der Waals surface area contributed by atoms with Crippen LogP contribution in [0.25, 0.3) is 0 Å². The van der Waals surface area contributed by atoms with Gasteiger partial charge in [-0.05, 0) is 48.7 Å². The lowest BCUT2D eigenvalue weighted by atomic mass is 10.1. The van der Waals surface area contributed by atoms with Gasteiger partial charge in [-0.2, -0.15) is 0 Å². The summed E-state index contributed by atoms with van der Waals surface area (Å²) in [6, 6.07) is 24.3. The lowest BCUT2D eigenvalue weighted by molar-refractivity contribution is 0.0993. The van der Waals surface area contributed by atoms with Gasteiger partial charge in [0.2, 0.25) is 0 Å². The summed E-state index contributed by atoms with van der Waals surface area (Å²) in [6.45, 7) is 4.19. The van der Waals surface area contributed by atoms with Crippen molar-refractivity contribution in [2.24, 2.45) is 0 Å². The quantitative estimate of drug-likeness (QED) is 0.695. The normalized spacial score (nSPS) is 15.8. The van der Waals surface area contributed by atoms with E-state index >= 15 is 0 Å². The third-order valence-electron chi connectivity index (χ3n) is 4.98. The number of aryl methyl sites for hydroxylation is 2. The van der Waals surface area contributed by atoms with Gasteiger partial charge in [0.05, 0.1) is 0 Å². The Hall–Kier alpha value is -3.07. The first-order valence-corrected chi connectivity index (χ1v) is 9.02. The second-order valence-corrected chi connectivity index (χ2v) is 6.65. The fourth-order valence-electron chi connectivity index (χ4n) is 3.58. The topological polar surface area (TPSA) is 32.3 Å². The number of amides is 1. The van der Waals surface area contributed by atoms with Crippen LogP contribution in [0.2, 0.25) is 0 Å². The van der Waals surface area contributed by atoms with Crippen molar-refractivity contribution >= 4 is 17.3 Å². The standard InChI is InChI=1S/C23H22N2O/c1-3-17-10-8-11-18(15-17)24-22-19-12-5-6-13-20(19)23(26)25(22)21-14-7-4-9-16(21)2/h4-15,22,24H,3H2,1-2H3/t22-/m1/s1. The molecule has 0 saturated carbocycles. The van der Waals surface area contributed by atoms with E-state index in [2.05, 4.69) is 36.5 Å². The minimum absolute atomic E-state index is 0.0408. The molecule has 3 heteroatoms. The van der Waals surface area contributed by atoms with Gasteiger partial charge >= 0.3 is 0 Å². The third-order valence-corrected chi connectivity index (χ3v) is 4.98.